The molecule has 2 heterocycles. The smallest absolute Gasteiger partial charge is 0.254 e. The molecule has 0 spiro atoms. The van der Waals surface area contributed by atoms with Crippen molar-refractivity contribution in [1.82, 2.24) is 19.4 Å². The molecule has 182 valence electrons. The van der Waals surface area contributed by atoms with E-state index in [1.807, 2.05) is 30.0 Å². The van der Waals surface area contributed by atoms with E-state index in [1.54, 1.807) is 36.7 Å². The molecule has 0 aliphatic carbocycles. The molecule has 0 radical (unpaired) electrons. The highest BCUT2D eigenvalue weighted by molar-refractivity contribution is 5.94. The van der Waals surface area contributed by atoms with E-state index in [0.29, 0.717) is 31.6 Å². The zero-order chi connectivity index (χ0) is 24.9. The maximum atomic E-state index is 14.0. The highest BCUT2D eigenvalue weighted by atomic mass is 19.1. The van der Waals surface area contributed by atoms with Crippen LogP contribution in [0.3, 0.4) is 0 Å². The molecule has 1 amide bonds. The summed E-state index contributed by atoms with van der Waals surface area (Å²) < 4.78 is 16.1. The molecule has 0 aliphatic rings. The molecule has 35 heavy (non-hydrogen) atoms. The monoisotopic (exact) mass is 473 g/mol. The zero-order valence-electron chi connectivity index (χ0n) is 20.5. The molecule has 2 aromatic carbocycles. The Morgan fingerprint density at radius 2 is 1.89 bits per heavy atom. The van der Waals surface area contributed by atoms with Crippen LogP contribution < -0.4 is 5.73 Å². The highest BCUT2D eigenvalue weighted by Crippen LogP contribution is 2.33. The summed E-state index contributed by atoms with van der Waals surface area (Å²) in [5.74, 6) is 0.495. The lowest BCUT2D eigenvalue weighted by molar-refractivity contribution is 0.0605. The molecule has 0 fully saturated rings. The molecule has 0 saturated heterocycles. The summed E-state index contributed by atoms with van der Waals surface area (Å²) in [6, 6.07) is 15.9. The van der Waals surface area contributed by atoms with Crippen LogP contribution in [0.25, 0.3) is 11.0 Å². The quantitative estimate of drug-likeness (QED) is 0.366. The van der Waals surface area contributed by atoms with Crippen molar-refractivity contribution in [3.05, 3.63) is 95.3 Å². The number of hydrogen-bond donors (Lipinski definition) is 1. The summed E-state index contributed by atoms with van der Waals surface area (Å²) in [4.78, 5) is 24.7. The van der Waals surface area contributed by atoms with Gasteiger partial charge in [0.2, 0.25) is 0 Å². The van der Waals surface area contributed by atoms with E-state index in [0.717, 1.165) is 28.0 Å². The minimum atomic E-state index is -0.302. The summed E-state index contributed by atoms with van der Waals surface area (Å²) in [6.45, 7) is 7.65. The van der Waals surface area contributed by atoms with E-state index in [9.17, 15) is 9.18 Å². The number of aromatic nitrogens is 3. The number of nitrogens with zero attached hydrogens (tertiary/aromatic N) is 4. The van der Waals surface area contributed by atoms with Crippen molar-refractivity contribution in [2.75, 3.05) is 13.1 Å². The maximum Gasteiger partial charge on any atom is 0.254 e. The topological polar surface area (TPSA) is 77.0 Å². The molecule has 2 N–H and O–H groups in total. The second-order valence-corrected chi connectivity index (χ2v) is 9.24. The number of pyridine rings is 1. The van der Waals surface area contributed by atoms with Crippen LogP contribution in [0.4, 0.5) is 4.39 Å². The third-order valence-corrected chi connectivity index (χ3v) is 6.19. The van der Waals surface area contributed by atoms with E-state index in [1.165, 1.54) is 6.07 Å². The van der Waals surface area contributed by atoms with E-state index >= 15 is 0 Å². The third kappa shape index (κ3) is 5.41. The first-order valence-corrected chi connectivity index (χ1v) is 12.0. The largest absolute Gasteiger partial charge is 0.330 e. The van der Waals surface area contributed by atoms with Crippen LogP contribution >= 0.6 is 0 Å². The van der Waals surface area contributed by atoms with Gasteiger partial charge in [-0.1, -0.05) is 32.0 Å². The van der Waals surface area contributed by atoms with Crippen LogP contribution in [0.2, 0.25) is 0 Å². The Labute approximate surface area is 205 Å². The maximum absolute atomic E-state index is 14.0. The number of imidazole rings is 1. The highest BCUT2D eigenvalue weighted by Gasteiger charge is 2.32. The van der Waals surface area contributed by atoms with E-state index in [-0.39, 0.29) is 23.7 Å². The molecule has 4 rings (SSSR count). The van der Waals surface area contributed by atoms with E-state index in [4.69, 9.17) is 10.7 Å². The van der Waals surface area contributed by atoms with Crippen molar-refractivity contribution in [3.63, 3.8) is 0 Å². The van der Waals surface area contributed by atoms with Crippen molar-refractivity contribution in [2.24, 2.45) is 11.7 Å². The predicted octanol–water partition coefficient (Wildman–Crippen LogP) is 5.12. The van der Waals surface area contributed by atoms with Crippen molar-refractivity contribution in [1.29, 1.82) is 0 Å². The van der Waals surface area contributed by atoms with Crippen molar-refractivity contribution in [3.8, 4) is 0 Å². The molecule has 0 aliphatic heterocycles. The van der Waals surface area contributed by atoms with Gasteiger partial charge in [-0.15, -0.1) is 0 Å². The number of fused-ring (bicyclic) bond motifs is 1. The van der Waals surface area contributed by atoms with Crippen LogP contribution in [-0.2, 0) is 6.54 Å². The average Bonchev–Trinajstić information content (AvgIpc) is 3.18. The first-order chi connectivity index (χ1) is 16.9. The molecule has 6 nitrogen and oxygen atoms in total. The lowest BCUT2D eigenvalue weighted by Gasteiger charge is -2.34. The Bertz CT molecular complexity index is 1300. The number of amides is 1. The number of nitrogens with two attached hydrogens (primary N) is 1. The Morgan fingerprint density at radius 3 is 2.57 bits per heavy atom. The van der Waals surface area contributed by atoms with Gasteiger partial charge in [0.15, 0.2) is 0 Å². The minimum Gasteiger partial charge on any atom is -0.330 e. The fourth-order valence-corrected chi connectivity index (χ4v) is 4.55. The minimum absolute atomic E-state index is 0.0720. The van der Waals surface area contributed by atoms with E-state index < -0.39 is 0 Å². The van der Waals surface area contributed by atoms with Gasteiger partial charge in [-0.3, -0.25) is 9.78 Å². The second kappa shape index (κ2) is 10.8. The van der Waals surface area contributed by atoms with Gasteiger partial charge in [0.1, 0.15) is 11.6 Å². The normalized spacial score (nSPS) is 12.3. The van der Waals surface area contributed by atoms with Crippen LogP contribution in [0.15, 0.2) is 67.0 Å². The molecule has 7 heteroatoms. The Morgan fingerprint density at radius 1 is 1.11 bits per heavy atom. The number of carbonyl (C=O) groups is 1. The predicted molar refractivity (Wildman–Crippen MR) is 136 cm³/mol. The standard InChI is InChI=1S/C28H32FN5O/c1-19(2)26(33(15-5-12-30)28(35)22-10-13-31-14-11-22)27-32-24-16-20(3)8-9-25(24)34(27)18-21-6-4-7-23(29)17-21/h4,6-11,13-14,16-17,19,26H,5,12,15,18,30H2,1-3H3/t26-/m1/s1. The SMILES string of the molecule is Cc1ccc2c(c1)nc([C@@H](C(C)C)N(CCCN)C(=O)c1ccncc1)n2Cc1cccc(F)c1. The van der Waals surface area contributed by atoms with Crippen molar-refractivity contribution < 1.29 is 9.18 Å². The Kier molecular flexibility index (Phi) is 7.56. The summed E-state index contributed by atoms with van der Waals surface area (Å²) in [7, 11) is 0. The van der Waals surface area contributed by atoms with E-state index in [2.05, 4.69) is 29.5 Å². The first-order valence-electron chi connectivity index (χ1n) is 12.0. The summed E-state index contributed by atoms with van der Waals surface area (Å²) in [6.07, 6.45) is 3.92. The molecule has 1 atom stereocenters. The third-order valence-electron chi connectivity index (χ3n) is 6.19. The lowest BCUT2D eigenvalue weighted by Crippen LogP contribution is -2.40. The fraction of sp³-hybridized carbons (Fsp3) is 0.321. The van der Waals surface area contributed by atoms with Crippen LogP contribution in [0.1, 0.15) is 53.6 Å². The number of benzene rings is 2. The van der Waals surface area contributed by atoms with Crippen LogP contribution in [0.5, 0.6) is 0 Å². The van der Waals surface area contributed by atoms with Crippen molar-refractivity contribution in [2.45, 2.75) is 39.8 Å². The van der Waals surface area contributed by atoms with Gasteiger partial charge < -0.3 is 15.2 Å². The molecule has 0 bridgehead atoms. The van der Waals surface area contributed by atoms with Gasteiger partial charge in [0, 0.05) is 31.0 Å². The number of rotatable bonds is 9. The molecule has 2 aromatic heterocycles. The van der Waals surface area contributed by atoms with Crippen LogP contribution in [-0.4, -0.2) is 38.4 Å². The number of hydrogen-bond acceptors (Lipinski definition) is 4. The first kappa shape index (κ1) is 24.5. The number of aryl methyl sites for hydroxylation is 1. The summed E-state index contributed by atoms with van der Waals surface area (Å²) in [5.41, 5.74) is 10.2. The molecule has 0 unspecified atom stereocenters. The number of halogens is 1. The van der Waals surface area contributed by atoms with Crippen molar-refractivity contribution >= 4 is 16.9 Å². The number of carbonyl (C=O) groups excluding carboxylic acids is 1. The zero-order valence-corrected chi connectivity index (χ0v) is 20.5. The average molecular weight is 474 g/mol. The molecule has 4 aromatic rings. The lowest BCUT2D eigenvalue weighted by atomic mass is 9.99. The molecule has 0 saturated carbocycles. The van der Waals surface area contributed by atoms with Gasteiger partial charge >= 0.3 is 0 Å². The molecular formula is C28H32FN5O. The molecular weight excluding hydrogens is 441 g/mol. The summed E-state index contributed by atoms with van der Waals surface area (Å²) in [5, 5.41) is 0. The summed E-state index contributed by atoms with van der Waals surface area (Å²) >= 11 is 0. The Balaban J connectivity index is 1.87. The van der Waals surface area contributed by atoms with Gasteiger partial charge in [0.25, 0.3) is 5.91 Å². The van der Waals surface area contributed by atoms with Gasteiger partial charge in [0.05, 0.1) is 17.1 Å². The Hall–Kier alpha value is -3.58. The fourth-order valence-electron chi connectivity index (χ4n) is 4.55. The van der Waals surface area contributed by atoms with Gasteiger partial charge in [-0.2, -0.15) is 0 Å². The van der Waals surface area contributed by atoms with Crippen LogP contribution in [0, 0.1) is 18.7 Å². The van der Waals surface area contributed by atoms with Gasteiger partial charge in [-0.25, -0.2) is 9.37 Å². The second-order valence-electron chi connectivity index (χ2n) is 9.24. The van der Waals surface area contributed by atoms with Gasteiger partial charge in [-0.05, 0) is 73.3 Å².